The smallest absolute Gasteiger partial charge is 0.117 e. The van der Waals surface area contributed by atoms with Crippen molar-refractivity contribution in [2.75, 3.05) is 6.26 Å². The summed E-state index contributed by atoms with van der Waals surface area (Å²) in [4.78, 5) is 0. The maximum absolute atomic E-state index is 8.51. The van der Waals surface area contributed by atoms with Gasteiger partial charge in [-0.25, -0.2) is 0 Å². The van der Waals surface area contributed by atoms with Crippen LogP contribution in [0.5, 0.6) is 0 Å². The molecule has 2 heteroatoms. The Hall–Kier alpha value is 0.0500. The summed E-state index contributed by atoms with van der Waals surface area (Å²) in [5, 5.41) is 8.51. The molecule has 1 N–H and O–H groups in total. The molecule has 0 aliphatic heterocycles. The molecule has 36 valence electrons. The Labute approximate surface area is 42.1 Å². The van der Waals surface area contributed by atoms with Crippen molar-refractivity contribution < 1.29 is 5.11 Å². The quantitative estimate of drug-likeness (QED) is 0.414. The molecule has 0 aliphatic rings. The average Bonchev–Trinajstić information content (AvgIpc) is 1.65. The van der Waals surface area contributed by atoms with E-state index in [1.165, 1.54) is 17.8 Å². The molecule has 0 heterocycles. The first kappa shape index (κ1) is 6.05. The van der Waals surface area contributed by atoms with Gasteiger partial charge >= 0.3 is 0 Å². The van der Waals surface area contributed by atoms with Crippen LogP contribution in [-0.4, -0.2) is 16.8 Å². The standard InChI is InChI=1S/C4H8OS/c1-3-4(5)6-2/h3-5H,1H2,2H3. The van der Waals surface area contributed by atoms with E-state index in [0.29, 0.717) is 0 Å². The van der Waals surface area contributed by atoms with Gasteiger partial charge in [-0.3, -0.25) is 0 Å². The SMILES string of the molecule is C=CC(O)SC. The Bertz CT molecular complexity index is 44.8. The number of aliphatic hydroxyl groups excluding tert-OH is 1. The molecule has 0 amide bonds. The first-order chi connectivity index (χ1) is 2.81. The molecule has 6 heavy (non-hydrogen) atoms. The Morgan fingerprint density at radius 2 is 2.50 bits per heavy atom. The first-order valence-electron chi connectivity index (χ1n) is 1.64. The van der Waals surface area contributed by atoms with Crippen molar-refractivity contribution in [1.82, 2.24) is 0 Å². The molecule has 1 atom stereocenters. The van der Waals surface area contributed by atoms with Crippen LogP contribution < -0.4 is 0 Å². The minimum atomic E-state index is -0.384. The molecular weight excluding hydrogens is 96.1 g/mol. The molecule has 0 fully saturated rings. The molecule has 0 spiro atoms. The number of hydrogen-bond donors (Lipinski definition) is 1. The molecule has 0 saturated carbocycles. The highest BCUT2D eigenvalue weighted by atomic mass is 32.2. The van der Waals surface area contributed by atoms with Gasteiger partial charge in [-0.15, -0.1) is 11.8 Å². The van der Waals surface area contributed by atoms with Crippen molar-refractivity contribution in [3.8, 4) is 0 Å². The van der Waals surface area contributed by atoms with Crippen LogP contribution in [-0.2, 0) is 0 Å². The van der Waals surface area contributed by atoms with Crippen molar-refractivity contribution in [2.24, 2.45) is 0 Å². The van der Waals surface area contributed by atoms with Crippen LogP contribution in [0.2, 0.25) is 0 Å². The second-order valence-electron chi connectivity index (χ2n) is 0.862. The fourth-order valence-corrected chi connectivity index (χ4v) is 0.289. The summed E-state index contributed by atoms with van der Waals surface area (Å²) in [6.07, 6.45) is 3.32. The predicted octanol–water partition coefficient (Wildman–Crippen LogP) is 0.854. The summed E-state index contributed by atoms with van der Waals surface area (Å²) in [7, 11) is 0. The van der Waals surface area contributed by atoms with E-state index in [-0.39, 0.29) is 5.44 Å². The molecule has 0 aromatic carbocycles. The van der Waals surface area contributed by atoms with E-state index in [9.17, 15) is 0 Å². The number of rotatable bonds is 2. The lowest BCUT2D eigenvalue weighted by atomic mass is 10.7. The minimum absolute atomic E-state index is 0.384. The van der Waals surface area contributed by atoms with E-state index in [2.05, 4.69) is 6.58 Å². The highest BCUT2D eigenvalue weighted by Gasteiger charge is 1.86. The van der Waals surface area contributed by atoms with Gasteiger partial charge in [0.25, 0.3) is 0 Å². The van der Waals surface area contributed by atoms with Crippen LogP contribution in [0.4, 0.5) is 0 Å². The van der Waals surface area contributed by atoms with E-state index in [0.717, 1.165) is 0 Å². The van der Waals surface area contributed by atoms with Gasteiger partial charge < -0.3 is 5.11 Å². The Morgan fingerprint density at radius 1 is 2.00 bits per heavy atom. The van der Waals surface area contributed by atoms with Gasteiger partial charge in [-0.1, -0.05) is 12.7 Å². The summed E-state index contributed by atoms with van der Waals surface area (Å²) in [5.74, 6) is 0. The predicted molar refractivity (Wildman–Crippen MR) is 29.7 cm³/mol. The molecule has 0 radical (unpaired) electrons. The lowest BCUT2D eigenvalue weighted by Gasteiger charge is -1.93. The van der Waals surface area contributed by atoms with E-state index in [4.69, 9.17) is 5.11 Å². The van der Waals surface area contributed by atoms with E-state index in [1.807, 2.05) is 6.26 Å². The van der Waals surface area contributed by atoms with Gasteiger partial charge in [0.05, 0.1) is 0 Å². The Morgan fingerprint density at radius 3 is 2.50 bits per heavy atom. The largest absolute Gasteiger partial charge is 0.379 e. The van der Waals surface area contributed by atoms with Gasteiger partial charge in [-0.05, 0) is 6.26 Å². The lowest BCUT2D eigenvalue weighted by molar-refractivity contribution is 0.311. The second-order valence-corrected chi connectivity index (χ2v) is 1.82. The molecule has 0 bridgehead atoms. The third kappa shape index (κ3) is 2.30. The zero-order valence-corrected chi connectivity index (χ0v) is 4.53. The van der Waals surface area contributed by atoms with Gasteiger partial charge in [0.15, 0.2) is 0 Å². The highest BCUT2D eigenvalue weighted by molar-refractivity contribution is 7.99. The van der Waals surface area contributed by atoms with Crippen molar-refractivity contribution in [1.29, 1.82) is 0 Å². The highest BCUT2D eigenvalue weighted by Crippen LogP contribution is 2.00. The Kier molecular flexibility index (Phi) is 3.28. The number of aliphatic hydroxyl groups is 1. The third-order valence-electron chi connectivity index (χ3n) is 0.443. The summed E-state index contributed by atoms with van der Waals surface area (Å²) in [6, 6.07) is 0. The van der Waals surface area contributed by atoms with Crippen molar-refractivity contribution in [2.45, 2.75) is 5.44 Å². The second kappa shape index (κ2) is 3.25. The molecule has 0 aliphatic carbocycles. The van der Waals surface area contributed by atoms with Crippen LogP contribution in [0.1, 0.15) is 0 Å². The van der Waals surface area contributed by atoms with Crippen molar-refractivity contribution >= 4 is 11.8 Å². The lowest BCUT2D eigenvalue weighted by Crippen LogP contribution is -1.89. The fraction of sp³-hybridized carbons (Fsp3) is 0.500. The van der Waals surface area contributed by atoms with Gasteiger partial charge in [0, 0.05) is 0 Å². The maximum atomic E-state index is 8.51. The summed E-state index contributed by atoms with van der Waals surface area (Å²) >= 11 is 1.36. The Balaban J connectivity index is 2.96. The van der Waals surface area contributed by atoms with E-state index < -0.39 is 0 Å². The van der Waals surface area contributed by atoms with Crippen LogP contribution in [0, 0.1) is 0 Å². The maximum Gasteiger partial charge on any atom is 0.117 e. The molecule has 0 aromatic heterocycles. The monoisotopic (exact) mass is 104 g/mol. The van der Waals surface area contributed by atoms with Crippen molar-refractivity contribution in [3.05, 3.63) is 12.7 Å². The molecule has 0 saturated heterocycles. The fourth-order valence-electron chi connectivity index (χ4n) is 0.0962. The molecule has 1 unspecified atom stereocenters. The topological polar surface area (TPSA) is 20.2 Å². The molecule has 0 rings (SSSR count). The van der Waals surface area contributed by atoms with Gasteiger partial charge in [-0.2, -0.15) is 0 Å². The van der Waals surface area contributed by atoms with Crippen molar-refractivity contribution in [3.63, 3.8) is 0 Å². The van der Waals surface area contributed by atoms with Gasteiger partial charge in [0.1, 0.15) is 5.44 Å². The van der Waals surface area contributed by atoms with Gasteiger partial charge in [0.2, 0.25) is 0 Å². The molecular formula is C4H8OS. The summed E-state index contributed by atoms with van der Waals surface area (Å²) in [6.45, 7) is 3.36. The first-order valence-corrected chi connectivity index (χ1v) is 2.93. The average molecular weight is 104 g/mol. The van der Waals surface area contributed by atoms with E-state index in [1.54, 1.807) is 0 Å². The normalized spacial score (nSPS) is 13.7. The zero-order valence-electron chi connectivity index (χ0n) is 3.72. The molecule has 1 nitrogen and oxygen atoms in total. The minimum Gasteiger partial charge on any atom is -0.379 e. The van der Waals surface area contributed by atoms with Crippen LogP contribution in [0.25, 0.3) is 0 Å². The summed E-state index contributed by atoms with van der Waals surface area (Å²) < 4.78 is 0. The number of thioether (sulfide) groups is 1. The molecule has 0 aromatic rings. The zero-order chi connectivity index (χ0) is 4.99. The van der Waals surface area contributed by atoms with Crippen LogP contribution >= 0.6 is 11.8 Å². The summed E-state index contributed by atoms with van der Waals surface area (Å²) in [5.41, 5.74) is -0.384. The van der Waals surface area contributed by atoms with Crippen LogP contribution in [0.3, 0.4) is 0 Å². The third-order valence-corrected chi connectivity index (χ3v) is 1.12. The number of hydrogen-bond acceptors (Lipinski definition) is 2. The van der Waals surface area contributed by atoms with E-state index >= 15 is 0 Å². The van der Waals surface area contributed by atoms with Crippen LogP contribution in [0.15, 0.2) is 12.7 Å².